The first-order chi connectivity index (χ1) is 7.66. The zero-order valence-electron chi connectivity index (χ0n) is 9.13. The summed E-state index contributed by atoms with van der Waals surface area (Å²) < 4.78 is 1.77. The van der Waals surface area contributed by atoms with Gasteiger partial charge in [-0.2, -0.15) is 5.10 Å². The van der Waals surface area contributed by atoms with Crippen LogP contribution in [-0.4, -0.2) is 26.8 Å². The molecule has 5 nitrogen and oxygen atoms in total. The Bertz CT molecular complexity index is 482. The second-order valence-electron chi connectivity index (χ2n) is 3.55. The maximum absolute atomic E-state index is 5.95. The van der Waals surface area contributed by atoms with E-state index < -0.39 is 0 Å². The molecular formula is C10H12ClN5. The van der Waals surface area contributed by atoms with Gasteiger partial charge in [-0.1, -0.05) is 11.6 Å². The molecule has 0 unspecified atom stereocenters. The lowest BCUT2D eigenvalue weighted by atomic mass is 10.3. The van der Waals surface area contributed by atoms with Crippen LogP contribution in [0.25, 0.3) is 0 Å². The lowest BCUT2D eigenvalue weighted by molar-refractivity contribution is 0.766. The van der Waals surface area contributed by atoms with Crippen LogP contribution in [0.1, 0.15) is 5.56 Å². The second kappa shape index (κ2) is 4.49. The van der Waals surface area contributed by atoms with E-state index in [4.69, 9.17) is 11.6 Å². The van der Waals surface area contributed by atoms with Gasteiger partial charge in [0.2, 0.25) is 0 Å². The van der Waals surface area contributed by atoms with E-state index in [9.17, 15) is 0 Å². The summed E-state index contributed by atoms with van der Waals surface area (Å²) in [5, 5.41) is 4.52. The Balaban J connectivity index is 2.14. The third kappa shape index (κ3) is 2.30. The summed E-state index contributed by atoms with van der Waals surface area (Å²) in [4.78, 5) is 10.1. The highest BCUT2D eigenvalue weighted by Crippen LogP contribution is 2.19. The minimum atomic E-state index is 0.411. The Kier molecular flexibility index (Phi) is 3.05. The van der Waals surface area contributed by atoms with Crippen LogP contribution in [-0.2, 0) is 13.6 Å². The average molecular weight is 238 g/mol. The molecular weight excluding hydrogens is 226 g/mol. The molecule has 0 saturated heterocycles. The van der Waals surface area contributed by atoms with Gasteiger partial charge in [0.1, 0.15) is 0 Å². The number of hydrogen-bond acceptors (Lipinski definition) is 4. The van der Waals surface area contributed by atoms with Crippen LogP contribution in [0.2, 0.25) is 5.15 Å². The Morgan fingerprint density at radius 1 is 1.38 bits per heavy atom. The van der Waals surface area contributed by atoms with E-state index in [0.717, 1.165) is 5.56 Å². The van der Waals surface area contributed by atoms with Crippen LogP contribution in [0.5, 0.6) is 0 Å². The quantitative estimate of drug-likeness (QED) is 0.812. The largest absolute Gasteiger partial charge is 0.353 e. The Morgan fingerprint density at radius 2 is 2.12 bits per heavy atom. The van der Waals surface area contributed by atoms with Gasteiger partial charge in [-0.05, 0) is 0 Å². The van der Waals surface area contributed by atoms with Crippen LogP contribution >= 0.6 is 11.6 Å². The highest BCUT2D eigenvalue weighted by atomic mass is 35.5. The zero-order chi connectivity index (χ0) is 11.5. The maximum Gasteiger partial charge on any atom is 0.171 e. The molecule has 0 fully saturated rings. The molecule has 0 spiro atoms. The number of hydrogen-bond donors (Lipinski definition) is 0. The van der Waals surface area contributed by atoms with E-state index in [2.05, 4.69) is 15.1 Å². The van der Waals surface area contributed by atoms with Gasteiger partial charge in [0.05, 0.1) is 6.20 Å². The van der Waals surface area contributed by atoms with Crippen LogP contribution in [0.3, 0.4) is 0 Å². The highest BCUT2D eigenvalue weighted by Gasteiger charge is 2.09. The summed E-state index contributed by atoms with van der Waals surface area (Å²) >= 11 is 5.95. The van der Waals surface area contributed by atoms with E-state index >= 15 is 0 Å². The molecule has 0 aliphatic rings. The molecule has 6 heteroatoms. The molecule has 2 aromatic heterocycles. The third-order valence-corrected chi connectivity index (χ3v) is 2.44. The fourth-order valence-electron chi connectivity index (χ4n) is 1.47. The van der Waals surface area contributed by atoms with E-state index in [-0.39, 0.29) is 0 Å². The summed E-state index contributed by atoms with van der Waals surface area (Å²) in [7, 11) is 3.81. The van der Waals surface area contributed by atoms with Crippen LogP contribution in [0.15, 0.2) is 24.8 Å². The number of anilines is 1. The summed E-state index contributed by atoms with van der Waals surface area (Å²) in [6.45, 7) is 0.701. The number of nitrogens with zero attached hydrogens (tertiary/aromatic N) is 5. The first-order valence-electron chi connectivity index (χ1n) is 4.82. The Hall–Kier alpha value is -1.62. The average Bonchev–Trinajstić information content (AvgIpc) is 2.64. The van der Waals surface area contributed by atoms with Gasteiger partial charge in [0, 0.05) is 44.8 Å². The predicted molar refractivity (Wildman–Crippen MR) is 62.4 cm³/mol. The van der Waals surface area contributed by atoms with Crippen LogP contribution in [0.4, 0.5) is 5.82 Å². The van der Waals surface area contributed by atoms with Crippen molar-refractivity contribution in [3.63, 3.8) is 0 Å². The first kappa shape index (κ1) is 10.9. The van der Waals surface area contributed by atoms with E-state index in [1.165, 1.54) is 0 Å². The normalized spacial score (nSPS) is 10.4. The number of aryl methyl sites for hydroxylation is 1. The molecule has 2 rings (SSSR count). The van der Waals surface area contributed by atoms with Crippen molar-refractivity contribution < 1.29 is 0 Å². The summed E-state index contributed by atoms with van der Waals surface area (Å²) in [6.07, 6.45) is 6.98. The lowest BCUT2D eigenvalue weighted by Gasteiger charge is -2.17. The summed E-state index contributed by atoms with van der Waals surface area (Å²) in [5.41, 5.74) is 1.10. The van der Waals surface area contributed by atoms with Gasteiger partial charge >= 0.3 is 0 Å². The van der Waals surface area contributed by atoms with Crippen molar-refractivity contribution in [2.24, 2.45) is 7.05 Å². The van der Waals surface area contributed by atoms with Gasteiger partial charge in [-0.25, -0.2) is 9.97 Å². The highest BCUT2D eigenvalue weighted by molar-refractivity contribution is 6.31. The minimum absolute atomic E-state index is 0.411. The van der Waals surface area contributed by atoms with Crippen molar-refractivity contribution in [1.82, 2.24) is 19.7 Å². The zero-order valence-corrected chi connectivity index (χ0v) is 9.89. The molecule has 2 heterocycles. The number of halogens is 1. The van der Waals surface area contributed by atoms with Crippen LogP contribution in [0, 0.1) is 0 Å². The molecule has 0 saturated carbocycles. The SMILES string of the molecule is CN(Cc1cnn(C)c1)c1nccnc1Cl. The van der Waals surface area contributed by atoms with Gasteiger partial charge in [-0.15, -0.1) is 0 Å². The Morgan fingerprint density at radius 3 is 2.75 bits per heavy atom. The van der Waals surface area contributed by atoms with Crippen molar-refractivity contribution in [2.75, 3.05) is 11.9 Å². The van der Waals surface area contributed by atoms with E-state index in [0.29, 0.717) is 17.5 Å². The van der Waals surface area contributed by atoms with Crippen molar-refractivity contribution >= 4 is 17.4 Å². The summed E-state index contributed by atoms with van der Waals surface area (Å²) in [6, 6.07) is 0. The van der Waals surface area contributed by atoms with E-state index in [1.807, 2.05) is 31.4 Å². The van der Waals surface area contributed by atoms with Crippen molar-refractivity contribution in [3.05, 3.63) is 35.5 Å². The lowest BCUT2D eigenvalue weighted by Crippen LogP contribution is -2.18. The first-order valence-corrected chi connectivity index (χ1v) is 5.20. The molecule has 0 radical (unpaired) electrons. The molecule has 2 aromatic rings. The smallest absolute Gasteiger partial charge is 0.171 e. The Labute approximate surface area is 98.7 Å². The fourth-order valence-corrected chi connectivity index (χ4v) is 1.72. The molecule has 0 N–H and O–H groups in total. The summed E-state index contributed by atoms with van der Waals surface area (Å²) in [5.74, 6) is 0.674. The molecule has 0 bridgehead atoms. The number of rotatable bonds is 3. The van der Waals surface area contributed by atoms with Gasteiger partial charge in [0.25, 0.3) is 0 Å². The molecule has 0 aromatic carbocycles. The molecule has 0 aliphatic carbocycles. The predicted octanol–water partition coefficient (Wildman–Crippen LogP) is 1.50. The monoisotopic (exact) mass is 237 g/mol. The molecule has 0 atom stereocenters. The standard InChI is InChI=1S/C10H12ClN5/c1-15(6-8-5-14-16(2)7-8)10-9(11)12-3-4-13-10/h3-5,7H,6H2,1-2H3. The fraction of sp³-hybridized carbons (Fsp3) is 0.300. The number of aromatic nitrogens is 4. The molecule has 84 valence electrons. The second-order valence-corrected chi connectivity index (χ2v) is 3.91. The van der Waals surface area contributed by atoms with Gasteiger partial charge in [-0.3, -0.25) is 4.68 Å². The topological polar surface area (TPSA) is 46.8 Å². The molecule has 0 amide bonds. The van der Waals surface area contributed by atoms with Crippen molar-refractivity contribution in [2.45, 2.75) is 6.54 Å². The van der Waals surface area contributed by atoms with Gasteiger partial charge < -0.3 is 4.90 Å². The van der Waals surface area contributed by atoms with Gasteiger partial charge in [0.15, 0.2) is 11.0 Å². The molecule has 0 aliphatic heterocycles. The minimum Gasteiger partial charge on any atom is -0.353 e. The third-order valence-electron chi connectivity index (χ3n) is 2.18. The van der Waals surface area contributed by atoms with E-state index in [1.54, 1.807) is 17.1 Å². The van der Waals surface area contributed by atoms with Crippen molar-refractivity contribution in [1.29, 1.82) is 0 Å². The van der Waals surface area contributed by atoms with Crippen molar-refractivity contribution in [3.8, 4) is 0 Å². The van der Waals surface area contributed by atoms with Crippen LogP contribution < -0.4 is 4.90 Å². The maximum atomic E-state index is 5.95. The molecule has 16 heavy (non-hydrogen) atoms.